The molecule has 0 radical (unpaired) electrons. The molecule has 0 saturated carbocycles. The number of nitrogens with zero attached hydrogens (tertiary/aromatic N) is 3. The normalized spacial score (nSPS) is 12.1. The Morgan fingerprint density at radius 3 is 2.31 bits per heavy atom. The van der Waals surface area contributed by atoms with Crippen molar-refractivity contribution in [2.24, 2.45) is 7.05 Å². The molecule has 0 unspecified atom stereocenters. The number of nitrogens with one attached hydrogen (secondary N) is 2. The number of aryl methyl sites for hydroxylation is 2. The molecule has 9 heteroatoms. The Morgan fingerprint density at radius 1 is 1.09 bits per heavy atom. The lowest BCUT2D eigenvalue weighted by molar-refractivity contribution is 0.0952. The highest BCUT2D eigenvalue weighted by molar-refractivity contribution is 7.88. The van der Waals surface area contributed by atoms with Crippen LogP contribution in [-0.2, 0) is 29.4 Å². The van der Waals surface area contributed by atoms with Crippen LogP contribution in [0, 0.1) is 6.92 Å². The van der Waals surface area contributed by atoms with Crippen LogP contribution in [0.1, 0.15) is 66.5 Å². The number of amides is 1. The van der Waals surface area contributed by atoms with Gasteiger partial charge in [-0.05, 0) is 43.9 Å². The number of benzene rings is 1. The maximum absolute atomic E-state index is 13.1. The molecule has 0 fully saturated rings. The number of carbonyl (C=O) groups excluding carboxylic acids is 1. The molecule has 3 rings (SSSR count). The first-order chi connectivity index (χ1) is 15.0. The summed E-state index contributed by atoms with van der Waals surface area (Å²) in [7, 11) is -1.55. The third-order valence-corrected chi connectivity index (χ3v) is 6.62. The van der Waals surface area contributed by atoms with Crippen LogP contribution in [0.15, 0.2) is 30.3 Å². The van der Waals surface area contributed by atoms with Gasteiger partial charge in [0.15, 0.2) is 5.65 Å². The summed E-state index contributed by atoms with van der Waals surface area (Å²) in [6.07, 6.45) is 0. The van der Waals surface area contributed by atoms with Crippen LogP contribution < -0.4 is 10.0 Å². The number of rotatable bonds is 8. The van der Waals surface area contributed by atoms with Gasteiger partial charge >= 0.3 is 0 Å². The molecule has 1 aromatic carbocycles. The van der Waals surface area contributed by atoms with Crippen molar-refractivity contribution in [3.63, 3.8) is 0 Å². The van der Waals surface area contributed by atoms with Crippen molar-refractivity contribution in [2.75, 3.05) is 0 Å². The van der Waals surface area contributed by atoms with Gasteiger partial charge in [-0.15, -0.1) is 0 Å². The minimum Gasteiger partial charge on any atom is -0.348 e. The van der Waals surface area contributed by atoms with Crippen molar-refractivity contribution in [1.82, 2.24) is 24.8 Å². The summed E-state index contributed by atoms with van der Waals surface area (Å²) in [4.78, 5) is 17.7. The van der Waals surface area contributed by atoms with Gasteiger partial charge in [0, 0.05) is 25.3 Å². The van der Waals surface area contributed by atoms with E-state index >= 15 is 0 Å². The Bertz CT molecular complexity index is 1230. The molecule has 2 N–H and O–H groups in total. The molecular weight excluding hydrogens is 426 g/mol. The number of carbonyl (C=O) groups is 1. The Hall–Kier alpha value is -2.78. The third kappa shape index (κ3) is 5.52. The van der Waals surface area contributed by atoms with Crippen molar-refractivity contribution >= 4 is 27.0 Å². The van der Waals surface area contributed by atoms with E-state index in [1.807, 2.05) is 46.0 Å². The first-order valence-electron chi connectivity index (χ1n) is 10.7. The van der Waals surface area contributed by atoms with E-state index in [9.17, 15) is 13.2 Å². The molecule has 0 atom stereocenters. The fraction of sp³-hybridized carbons (Fsp3) is 0.435. The fourth-order valence-electron chi connectivity index (χ4n) is 3.59. The van der Waals surface area contributed by atoms with Gasteiger partial charge in [-0.2, -0.15) is 5.10 Å². The van der Waals surface area contributed by atoms with Crippen molar-refractivity contribution in [1.29, 1.82) is 0 Å². The average molecular weight is 458 g/mol. The summed E-state index contributed by atoms with van der Waals surface area (Å²) in [6.45, 7) is 9.86. The zero-order valence-electron chi connectivity index (χ0n) is 19.4. The van der Waals surface area contributed by atoms with E-state index in [0.29, 0.717) is 23.3 Å². The Labute approximate surface area is 189 Å². The molecule has 2 heterocycles. The first kappa shape index (κ1) is 23.9. The van der Waals surface area contributed by atoms with Gasteiger partial charge in [-0.1, -0.05) is 38.1 Å². The largest absolute Gasteiger partial charge is 0.348 e. The summed E-state index contributed by atoms with van der Waals surface area (Å²) < 4.78 is 28.5. The summed E-state index contributed by atoms with van der Waals surface area (Å²) in [5.74, 6) is -0.0937. The van der Waals surface area contributed by atoms with Gasteiger partial charge in [0.2, 0.25) is 10.0 Å². The van der Waals surface area contributed by atoms with Gasteiger partial charge in [0.05, 0.1) is 22.4 Å². The van der Waals surface area contributed by atoms with Crippen LogP contribution in [0.3, 0.4) is 0 Å². The lowest BCUT2D eigenvalue weighted by atomic mass is 10.0. The van der Waals surface area contributed by atoms with E-state index in [4.69, 9.17) is 0 Å². The molecular formula is C23H31N5O3S. The highest BCUT2D eigenvalue weighted by Gasteiger charge is 2.19. The van der Waals surface area contributed by atoms with Crippen LogP contribution in [0.5, 0.6) is 0 Å². The van der Waals surface area contributed by atoms with Gasteiger partial charge in [0.25, 0.3) is 5.91 Å². The number of fused-ring (bicyclic) bond motifs is 1. The van der Waals surface area contributed by atoms with Crippen LogP contribution in [-0.4, -0.2) is 35.1 Å². The van der Waals surface area contributed by atoms with Crippen molar-refractivity contribution in [3.8, 4) is 0 Å². The number of aromatic nitrogens is 3. The van der Waals surface area contributed by atoms with Crippen molar-refractivity contribution in [2.45, 2.75) is 58.9 Å². The Morgan fingerprint density at radius 2 is 1.72 bits per heavy atom. The van der Waals surface area contributed by atoms with Crippen molar-refractivity contribution < 1.29 is 13.2 Å². The van der Waals surface area contributed by atoms with E-state index in [-0.39, 0.29) is 23.6 Å². The molecule has 32 heavy (non-hydrogen) atoms. The molecule has 0 saturated heterocycles. The number of pyridine rings is 1. The maximum Gasteiger partial charge on any atom is 0.252 e. The molecule has 0 aliphatic rings. The second-order valence-corrected chi connectivity index (χ2v) is 10.4. The molecule has 3 aromatic rings. The SMILES string of the molecule is Cc1nn(C)c2nc(C(C)C)cc(C(=O)NCc3ccc(CS(=O)(=O)NC(C)C)cc3)c12. The smallest absolute Gasteiger partial charge is 0.252 e. The number of hydrogen-bond donors (Lipinski definition) is 2. The van der Waals surface area contributed by atoms with Gasteiger partial charge in [-0.3, -0.25) is 9.48 Å². The fourth-order valence-corrected chi connectivity index (χ4v) is 5.02. The van der Waals surface area contributed by atoms with E-state index in [1.165, 1.54) is 0 Å². The molecule has 0 aliphatic heterocycles. The van der Waals surface area contributed by atoms with Gasteiger partial charge in [0.1, 0.15) is 0 Å². The predicted molar refractivity (Wildman–Crippen MR) is 126 cm³/mol. The number of hydrogen-bond acceptors (Lipinski definition) is 5. The second kappa shape index (κ2) is 9.38. The van der Waals surface area contributed by atoms with Gasteiger partial charge in [-0.25, -0.2) is 18.1 Å². The molecule has 0 aliphatic carbocycles. The third-order valence-electron chi connectivity index (χ3n) is 5.07. The molecule has 2 aromatic heterocycles. The van der Waals surface area contributed by atoms with Crippen LogP contribution in [0.25, 0.3) is 11.0 Å². The maximum atomic E-state index is 13.1. The minimum atomic E-state index is -3.38. The first-order valence-corrected chi connectivity index (χ1v) is 12.3. The van der Waals surface area contributed by atoms with Crippen LogP contribution in [0.2, 0.25) is 0 Å². The van der Waals surface area contributed by atoms with E-state index < -0.39 is 10.0 Å². The lowest BCUT2D eigenvalue weighted by Gasteiger charge is -2.12. The summed E-state index contributed by atoms with van der Waals surface area (Å²) in [5, 5.41) is 8.16. The molecule has 8 nitrogen and oxygen atoms in total. The Kier molecular flexibility index (Phi) is 7.00. The zero-order valence-corrected chi connectivity index (χ0v) is 20.2. The summed E-state index contributed by atoms with van der Waals surface area (Å²) in [5.41, 5.74) is 4.43. The molecule has 0 bridgehead atoms. The van der Waals surface area contributed by atoms with Gasteiger partial charge < -0.3 is 5.32 Å². The highest BCUT2D eigenvalue weighted by Crippen LogP contribution is 2.25. The quantitative estimate of drug-likeness (QED) is 0.540. The lowest BCUT2D eigenvalue weighted by Crippen LogP contribution is -2.31. The second-order valence-electron chi connectivity index (χ2n) is 8.69. The molecule has 0 spiro atoms. The topological polar surface area (TPSA) is 106 Å². The molecule has 1 amide bonds. The predicted octanol–water partition coefficient (Wildman–Crippen LogP) is 3.16. The average Bonchev–Trinajstić information content (AvgIpc) is 2.99. The van der Waals surface area contributed by atoms with Crippen LogP contribution >= 0.6 is 0 Å². The monoisotopic (exact) mass is 457 g/mol. The van der Waals surface area contributed by atoms with Crippen LogP contribution in [0.4, 0.5) is 0 Å². The highest BCUT2D eigenvalue weighted by atomic mass is 32.2. The summed E-state index contributed by atoms with van der Waals surface area (Å²) >= 11 is 0. The summed E-state index contributed by atoms with van der Waals surface area (Å²) in [6, 6.07) is 8.90. The van der Waals surface area contributed by atoms with E-state index in [0.717, 1.165) is 22.3 Å². The van der Waals surface area contributed by atoms with Crippen molar-refractivity contribution in [3.05, 3.63) is 58.4 Å². The Balaban J connectivity index is 1.76. The van der Waals surface area contributed by atoms with E-state index in [1.54, 1.807) is 30.7 Å². The minimum absolute atomic E-state index is 0.0783. The standard InChI is InChI=1S/C23H31N5O3S/c1-14(2)20-11-19(21-16(5)26-28(6)22(21)25-20)23(29)24-12-17-7-9-18(10-8-17)13-32(30,31)27-15(3)4/h7-11,14-15,27H,12-13H2,1-6H3,(H,24,29). The van der Waals surface area contributed by atoms with E-state index in [2.05, 4.69) is 20.1 Å². The number of sulfonamides is 1. The molecule has 172 valence electrons. The zero-order chi connectivity index (χ0) is 23.6.